The molecule has 0 saturated heterocycles. The van der Waals surface area contributed by atoms with Gasteiger partial charge in [-0.3, -0.25) is 9.68 Å². The maximum atomic E-state index is 5.04. The fourth-order valence-electron chi connectivity index (χ4n) is 1.06. The van der Waals surface area contributed by atoms with Crippen molar-refractivity contribution in [3.05, 3.63) is 0 Å². The maximum absolute atomic E-state index is 5.04. The average Bonchev–Trinajstić information content (AvgIpc) is 2.80. The molecule has 0 aromatic carbocycles. The highest BCUT2D eigenvalue weighted by molar-refractivity contribution is 5.72. The fraction of sp³-hybridized carbons (Fsp3) is 0.500. The molecule has 0 fully saturated rings. The van der Waals surface area contributed by atoms with Gasteiger partial charge in [0, 0.05) is 0 Å². The quantitative estimate of drug-likeness (QED) is 0.706. The van der Waals surface area contributed by atoms with Gasteiger partial charge in [-0.25, -0.2) is 15.6 Å². The van der Waals surface area contributed by atoms with Crippen molar-refractivity contribution in [3.8, 4) is 0 Å². The van der Waals surface area contributed by atoms with Gasteiger partial charge in [0.15, 0.2) is 11.6 Å². The van der Waals surface area contributed by atoms with E-state index in [1.807, 2.05) is 13.8 Å². The van der Waals surface area contributed by atoms with Crippen molar-refractivity contribution in [2.45, 2.75) is 13.8 Å². The monoisotopic (exact) mass is 240 g/mol. The zero-order chi connectivity index (χ0) is 12.1. The lowest BCUT2D eigenvalue weighted by molar-refractivity contribution is 0.201. The van der Waals surface area contributed by atoms with Crippen molar-refractivity contribution in [1.29, 1.82) is 0 Å². The maximum Gasteiger partial charge on any atom is 0.245 e. The van der Waals surface area contributed by atoms with Crippen LogP contribution < -0.4 is 11.0 Å². The number of fused-ring (bicyclic) bond motifs is 1. The topological polar surface area (TPSA) is 107 Å². The first kappa shape index (κ1) is 11.5. The van der Waals surface area contributed by atoms with E-state index >= 15 is 0 Å². The van der Waals surface area contributed by atoms with Gasteiger partial charge in [-0.15, -0.1) is 0 Å². The first-order valence-corrected chi connectivity index (χ1v) is 5.11. The number of nitrogens with one attached hydrogen (secondary N) is 2. The molecule has 9 nitrogen and oxygen atoms in total. The number of rotatable bonds is 6. The van der Waals surface area contributed by atoms with Crippen LogP contribution in [0.25, 0.3) is 11.3 Å². The van der Waals surface area contributed by atoms with E-state index in [0.717, 1.165) is 0 Å². The average molecular weight is 240 g/mol. The third-order valence-electron chi connectivity index (χ3n) is 1.74. The molecule has 2 aromatic rings. The van der Waals surface area contributed by atoms with Crippen molar-refractivity contribution in [2.75, 3.05) is 24.2 Å². The Labute approximate surface area is 96.4 Å². The largest absolute Gasteiger partial charge is 0.275 e. The summed E-state index contributed by atoms with van der Waals surface area (Å²) in [7, 11) is 0. The van der Waals surface area contributed by atoms with Crippen LogP contribution in [0.3, 0.4) is 0 Å². The second-order valence-electron chi connectivity index (χ2n) is 2.90. The summed E-state index contributed by atoms with van der Waals surface area (Å²) < 4.78 is 4.52. The molecule has 0 bridgehead atoms. The minimum absolute atomic E-state index is 0.286. The molecule has 0 aliphatic rings. The molecule has 2 aromatic heterocycles. The summed E-state index contributed by atoms with van der Waals surface area (Å²) in [6, 6.07) is 0. The number of hydrogen-bond donors (Lipinski definition) is 2. The van der Waals surface area contributed by atoms with Gasteiger partial charge in [0.2, 0.25) is 11.3 Å². The molecule has 2 heterocycles. The number of hydrogen-bond acceptors (Lipinski definition) is 9. The van der Waals surface area contributed by atoms with Gasteiger partial charge in [0.1, 0.15) is 0 Å². The molecule has 0 atom stereocenters. The van der Waals surface area contributed by atoms with Crippen LogP contribution in [0.1, 0.15) is 13.8 Å². The fourth-order valence-corrected chi connectivity index (χ4v) is 1.06. The molecule has 2 rings (SSSR count). The van der Waals surface area contributed by atoms with Gasteiger partial charge in [0.25, 0.3) is 0 Å². The van der Waals surface area contributed by atoms with Crippen LogP contribution in [-0.2, 0) is 9.68 Å². The minimum Gasteiger partial charge on any atom is -0.275 e. The molecule has 17 heavy (non-hydrogen) atoms. The molecular formula is C8H12N6O3. The van der Waals surface area contributed by atoms with E-state index in [9.17, 15) is 0 Å². The zero-order valence-corrected chi connectivity index (χ0v) is 9.43. The smallest absolute Gasteiger partial charge is 0.245 e. The van der Waals surface area contributed by atoms with Crippen molar-refractivity contribution in [2.24, 2.45) is 0 Å². The Morgan fingerprint density at radius 3 is 1.82 bits per heavy atom. The lowest BCUT2D eigenvalue weighted by Crippen LogP contribution is -2.10. The standard InChI is InChI=1S/C8H12N6O3/c1-3-15-11-5-6(12-16-4-2)10-8-7(9-5)13-17-14-8/h3-4H2,1-2H3,(H,9,11,13)(H,10,12,14). The zero-order valence-electron chi connectivity index (χ0n) is 9.43. The normalized spacial score (nSPS) is 10.7. The predicted octanol–water partition coefficient (Wildman–Crippen LogP) is 0.740. The molecular weight excluding hydrogens is 228 g/mol. The molecule has 0 unspecified atom stereocenters. The highest BCUT2D eigenvalue weighted by Crippen LogP contribution is 2.19. The van der Waals surface area contributed by atoms with E-state index in [-0.39, 0.29) is 11.3 Å². The van der Waals surface area contributed by atoms with Crippen LogP contribution in [0.5, 0.6) is 0 Å². The van der Waals surface area contributed by atoms with Crippen molar-refractivity contribution >= 4 is 22.9 Å². The number of nitrogens with zero attached hydrogens (tertiary/aromatic N) is 4. The third kappa shape index (κ3) is 2.57. The first-order chi connectivity index (χ1) is 8.35. The summed E-state index contributed by atoms with van der Waals surface area (Å²) in [5.41, 5.74) is 5.83. The Morgan fingerprint density at radius 1 is 0.941 bits per heavy atom. The molecule has 0 aliphatic heterocycles. The Morgan fingerprint density at radius 2 is 1.41 bits per heavy atom. The van der Waals surface area contributed by atoms with E-state index in [0.29, 0.717) is 24.8 Å². The van der Waals surface area contributed by atoms with Crippen LogP contribution in [0, 0.1) is 0 Å². The highest BCUT2D eigenvalue weighted by atomic mass is 16.7. The summed E-state index contributed by atoms with van der Waals surface area (Å²) in [5, 5.41) is 7.17. The van der Waals surface area contributed by atoms with E-state index < -0.39 is 0 Å². The second kappa shape index (κ2) is 5.37. The van der Waals surface area contributed by atoms with E-state index in [1.165, 1.54) is 0 Å². The SMILES string of the molecule is CCONc1nc2nonc2nc1NOCC. The summed E-state index contributed by atoms with van der Waals surface area (Å²) in [5.74, 6) is 0.701. The van der Waals surface area contributed by atoms with Gasteiger partial charge < -0.3 is 0 Å². The summed E-state index contributed by atoms with van der Waals surface area (Å²) in [6.07, 6.45) is 0. The number of anilines is 2. The lowest BCUT2D eigenvalue weighted by Gasteiger charge is -2.09. The van der Waals surface area contributed by atoms with Crippen LogP contribution >= 0.6 is 0 Å². The van der Waals surface area contributed by atoms with Crippen LogP contribution in [-0.4, -0.2) is 33.5 Å². The summed E-state index contributed by atoms with van der Waals surface area (Å²) in [4.78, 5) is 18.3. The van der Waals surface area contributed by atoms with Gasteiger partial charge in [-0.2, -0.15) is 9.97 Å². The number of aromatic nitrogens is 4. The van der Waals surface area contributed by atoms with Crippen LogP contribution in [0.4, 0.5) is 11.6 Å². The third-order valence-corrected chi connectivity index (χ3v) is 1.74. The molecule has 2 N–H and O–H groups in total. The Bertz CT molecular complexity index is 445. The second-order valence-corrected chi connectivity index (χ2v) is 2.90. The highest BCUT2D eigenvalue weighted by Gasteiger charge is 2.12. The first-order valence-electron chi connectivity index (χ1n) is 5.11. The van der Waals surface area contributed by atoms with Crippen molar-refractivity contribution in [1.82, 2.24) is 20.3 Å². The Balaban J connectivity index is 2.29. The van der Waals surface area contributed by atoms with Gasteiger partial charge in [-0.1, -0.05) is 0 Å². The van der Waals surface area contributed by atoms with Crippen LogP contribution in [0.15, 0.2) is 4.63 Å². The van der Waals surface area contributed by atoms with Crippen molar-refractivity contribution in [3.63, 3.8) is 0 Å². The van der Waals surface area contributed by atoms with Gasteiger partial charge in [0.05, 0.1) is 13.2 Å². The van der Waals surface area contributed by atoms with E-state index in [2.05, 4.69) is 35.9 Å². The van der Waals surface area contributed by atoms with Gasteiger partial charge >= 0.3 is 0 Å². The molecule has 0 saturated carbocycles. The Hall–Kier alpha value is -2.00. The van der Waals surface area contributed by atoms with E-state index in [1.54, 1.807) is 0 Å². The van der Waals surface area contributed by atoms with Crippen molar-refractivity contribution < 1.29 is 14.3 Å². The molecule has 0 aliphatic carbocycles. The molecule has 9 heteroatoms. The summed E-state index contributed by atoms with van der Waals surface area (Å²) >= 11 is 0. The molecule has 0 radical (unpaired) electrons. The Kier molecular flexibility index (Phi) is 3.62. The molecule has 0 amide bonds. The molecule has 92 valence electrons. The van der Waals surface area contributed by atoms with E-state index in [4.69, 9.17) is 9.68 Å². The lowest BCUT2D eigenvalue weighted by atomic mass is 10.5. The predicted molar refractivity (Wildman–Crippen MR) is 57.9 cm³/mol. The summed E-state index contributed by atoms with van der Waals surface area (Å²) in [6.45, 7) is 4.63. The van der Waals surface area contributed by atoms with Gasteiger partial charge in [-0.05, 0) is 24.2 Å². The minimum atomic E-state index is 0.286. The molecule has 0 spiro atoms. The van der Waals surface area contributed by atoms with Crippen LogP contribution in [0.2, 0.25) is 0 Å².